The summed E-state index contributed by atoms with van der Waals surface area (Å²) >= 11 is 0. The van der Waals surface area contributed by atoms with E-state index >= 15 is 0 Å². The Morgan fingerprint density at radius 2 is 1.44 bits per heavy atom. The molecule has 2 aromatic carbocycles. The molecule has 0 saturated carbocycles. The van der Waals surface area contributed by atoms with E-state index in [0.29, 0.717) is 43.2 Å². The molecule has 0 radical (unpaired) electrons. The molecule has 0 aliphatic carbocycles. The number of halogens is 3. The van der Waals surface area contributed by atoms with Crippen LogP contribution in [0.5, 0.6) is 11.5 Å². The molecule has 0 unspecified atom stereocenters. The molecule has 4 rings (SSSR count). The summed E-state index contributed by atoms with van der Waals surface area (Å²) in [5, 5.41) is 12.0. The van der Waals surface area contributed by atoms with E-state index in [-0.39, 0.29) is 11.9 Å². The molecule has 8 heteroatoms. The van der Waals surface area contributed by atoms with Gasteiger partial charge in [-0.2, -0.15) is 0 Å². The van der Waals surface area contributed by atoms with Gasteiger partial charge in [0.05, 0.1) is 13.2 Å². The molecule has 32 heavy (non-hydrogen) atoms. The van der Waals surface area contributed by atoms with Crippen molar-refractivity contribution in [1.29, 1.82) is 0 Å². The lowest BCUT2D eigenvalue weighted by atomic mass is 9.62. The molecular formula is C24H28F3NO4. The Hall–Kier alpha value is -2.29. The van der Waals surface area contributed by atoms with Crippen molar-refractivity contribution < 1.29 is 32.5 Å². The highest BCUT2D eigenvalue weighted by Gasteiger charge is 2.55. The van der Waals surface area contributed by atoms with E-state index in [1.807, 2.05) is 38.2 Å². The summed E-state index contributed by atoms with van der Waals surface area (Å²) in [7, 11) is 1.97. The molecule has 2 heterocycles. The summed E-state index contributed by atoms with van der Waals surface area (Å²) in [5.41, 5.74) is -0.734. The second-order valence-electron chi connectivity index (χ2n) is 8.97. The minimum Gasteiger partial charge on any atom is -0.490 e. The van der Waals surface area contributed by atoms with Crippen molar-refractivity contribution in [3.05, 3.63) is 59.7 Å². The second kappa shape index (κ2) is 8.57. The maximum Gasteiger partial charge on any atom is 0.573 e. The van der Waals surface area contributed by atoms with Crippen molar-refractivity contribution in [1.82, 2.24) is 4.90 Å². The quantitative estimate of drug-likeness (QED) is 0.709. The number of likely N-dealkylation sites (tertiary alicyclic amines) is 1. The van der Waals surface area contributed by atoms with Crippen molar-refractivity contribution in [3.8, 4) is 11.5 Å². The fraction of sp³-hybridized carbons (Fsp3) is 0.500. The predicted molar refractivity (Wildman–Crippen MR) is 113 cm³/mol. The third-order valence-electron chi connectivity index (χ3n) is 6.36. The van der Waals surface area contributed by atoms with Crippen LogP contribution in [0.4, 0.5) is 13.2 Å². The van der Waals surface area contributed by atoms with Crippen LogP contribution in [0.25, 0.3) is 0 Å². The molecule has 2 saturated heterocycles. The van der Waals surface area contributed by atoms with Crippen LogP contribution in [0, 0.1) is 5.41 Å². The first kappa shape index (κ1) is 22.9. The number of nitrogens with zero attached hydrogens (tertiary/aromatic N) is 1. The van der Waals surface area contributed by atoms with Gasteiger partial charge in [0, 0.05) is 31.3 Å². The Labute approximate surface area is 185 Å². The summed E-state index contributed by atoms with van der Waals surface area (Å²) in [6.45, 7) is 4.64. The number of hydrogen-bond donors (Lipinski definition) is 1. The average Bonchev–Trinajstić information content (AvgIpc) is 2.73. The van der Waals surface area contributed by atoms with E-state index < -0.39 is 17.4 Å². The van der Waals surface area contributed by atoms with Gasteiger partial charge in [-0.1, -0.05) is 31.2 Å². The SMILES string of the molecule is CN1CC(C)([C@](O)(c2ccc(OC3CCOCC3)cc2)c2ccc(OC(F)(F)F)cc2)C1. The zero-order valence-corrected chi connectivity index (χ0v) is 18.2. The number of alkyl halides is 3. The standard InChI is InChI=1S/C24H28F3NO4/c1-22(15-28(2)16-22)23(29,18-5-9-21(10-6-18)32-24(25,26)27)17-3-7-19(8-4-17)31-20-11-13-30-14-12-20/h3-10,20,29H,11-16H2,1-2H3/t23-/m0/s1. The minimum atomic E-state index is -4.76. The summed E-state index contributed by atoms with van der Waals surface area (Å²) in [4.78, 5) is 2.09. The molecule has 5 nitrogen and oxygen atoms in total. The molecule has 2 fully saturated rings. The Morgan fingerprint density at radius 3 is 1.91 bits per heavy atom. The predicted octanol–water partition coefficient (Wildman–Crippen LogP) is 4.33. The van der Waals surface area contributed by atoms with Gasteiger partial charge >= 0.3 is 6.36 Å². The van der Waals surface area contributed by atoms with Gasteiger partial charge in [-0.05, 0) is 42.4 Å². The van der Waals surface area contributed by atoms with Crippen LogP contribution in [0.15, 0.2) is 48.5 Å². The van der Waals surface area contributed by atoms with Gasteiger partial charge in [0.15, 0.2) is 0 Å². The van der Waals surface area contributed by atoms with Gasteiger partial charge < -0.3 is 24.2 Å². The Kier molecular flexibility index (Phi) is 6.13. The average molecular weight is 451 g/mol. The molecular weight excluding hydrogens is 423 g/mol. The molecule has 2 aliphatic heterocycles. The van der Waals surface area contributed by atoms with E-state index in [0.717, 1.165) is 12.8 Å². The first-order valence-corrected chi connectivity index (χ1v) is 10.7. The summed E-state index contributed by atoms with van der Waals surface area (Å²) in [5.74, 6) is 0.396. The normalized spacial score (nSPS) is 21.4. The van der Waals surface area contributed by atoms with Gasteiger partial charge in [0.25, 0.3) is 0 Å². The molecule has 2 aliphatic rings. The number of rotatable bonds is 6. The van der Waals surface area contributed by atoms with Crippen LogP contribution < -0.4 is 9.47 Å². The lowest BCUT2D eigenvalue weighted by molar-refractivity contribution is -0.274. The van der Waals surface area contributed by atoms with Crippen molar-refractivity contribution >= 4 is 0 Å². The van der Waals surface area contributed by atoms with Crippen LogP contribution in [-0.2, 0) is 10.3 Å². The fourth-order valence-electron chi connectivity index (χ4n) is 4.90. The molecule has 1 atom stereocenters. The van der Waals surface area contributed by atoms with Crippen molar-refractivity contribution in [3.63, 3.8) is 0 Å². The lowest BCUT2D eigenvalue weighted by Gasteiger charge is -2.56. The van der Waals surface area contributed by atoms with Crippen molar-refractivity contribution in [2.75, 3.05) is 33.4 Å². The molecule has 1 N–H and O–H groups in total. The van der Waals surface area contributed by atoms with Crippen LogP contribution in [0.3, 0.4) is 0 Å². The summed E-state index contributed by atoms with van der Waals surface area (Å²) in [6.07, 6.45) is -2.99. The Bertz CT molecular complexity index is 904. The minimum absolute atomic E-state index is 0.104. The van der Waals surface area contributed by atoms with Gasteiger partial charge in [0.2, 0.25) is 0 Å². The molecule has 174 valence electrons. The summed E-state index contributed by atoms with van der Waals surface area (Å²) in [6, 6.07) is 12.8. The smallest absolute Gasteiger partial charge is 0.490 e. The van der Waals surface area contributed by atoms with E-state index in [2.05, 4.69) is 9.64 Å². The first-order valence-electron chi connectivity index (χ1n) is 10.7. The molecule has 0 amide bonds. The third-order valence-corrected chi connectivity index (χ3v) is 6.36. The highest BCUT2D eigenvalue weighted by molar-refractivity contribution is 5.44. The lowest BCUT2D eigenvalue weighted by Crippen LogP contribution is -2.63. The summed E-state index contributed by atoms with van der Waals surface area (Å²) < 4.78 is 53.0. The Morgan fingerprint density at radius 1 is 0.938 bits per heavy atom. The number of hydrogen-bond acceptors (Lipinski definition) is 5. The Balaban J connectivity index is 1.62. The second-order valence-corrected chi connectivity index (χ2v) is 8.97. The van der Waals surface area contributed by atoms with Gasteiger partial charge in [-0.15, -0.1) is 13.2 Å². The van der Waals surface area contributed by atoms with E-state index in [1.165, 1.54) is 24.3 Å². The van der Waals surface area contributed by atoms with Crippen molar-refractivity contribution in [2.45, 2.75) is 37.8 Å². The van der Waals surface area contributed by atoms with Gasteiger partial charge in [-0.3, -0.25) is 0 Å². The van der Waals surface area contributed by atoms with Crippen LogP contribution in [-0.4, -0.2) is 55.8 Å². The van der Waals surface area contributed by atoms with E-state index in [4.69, 9.17) is 9.47 Å². The number of ether oxygens (including phenoxy) is 3. The third kappa shape index (κ3) is 4.58. The molecule has 0 spiro atoms. The zero-order chi connectivity index (χ0) is 23.0. The highest BCUT2D eigenvalue weighted by Crippen LogP contribution is 2.50. The zero-order valence-electron chi connectivity index (χ0n) is 18.2. The van der Waals surface area contributed by atoms with Crippen LogP contribution >= 0.6 is 0 Å². The molecule has 2 aromatic rings. The molecule has 0 bridgehead atoms. The largest absolute Gasteiger partial charge is 0.573 e. The monoisotopic (exact) mass is 451 g/mol. The van der Waals surface area contributed by atoms with E-state index in [9.17, 15) is 18.3 Å². The fourth-order valence-corrected chi connectivity index (χ4v) is 4.90. The van der Waals surface area contributed by atoms with Crippen molar-refractivity contribution in [2.24, 2.45) is 5.41 Å². The number of aliphatic hydroxyl groups is 1. The topological polar surface area (TPSA) is 51.2 Å². The van der Waals surface area contributed by atoms with Gasteiger partial charge in [0.1, 0.15) is 23.2 Å². The maximum atomic E-state index is 12.5. The van der Waals surface area contributed by atoms with Crippen LogP contribution in [0.1, 0.15) is 30.9 Å². The van der Waals surface area contributed by atoms with Gasteiger partial charge in [-0.25, -0.2) is 0 Å². The number of benzene rings is 2. The maximum absolute atomic E-state index is 12.5. The highest BCUT2D eigenvalue weighted by atomic mass is 19.4. The molecule has 0 aromatic heterocycles. The van der Waals surface area contributed by atoms with E-state index in [1.54, 1.807) is 0 Å². The van der Waals surface area contributed by atoms with Crippen LogP contribution in [0.2, 0.25) is 0 Å². The first-order chi connectivity index (χ1) is 15.1.